The van der Waals surface area contributed by atoms with Gasteiger partial charge in [-0.25, -0.2) is 22.8 Å². The Kier molecular flexibility index (Phi) is 9.24. The third-order valence-electron chi connectivity index (χ3n) is 8.67. The van der Waals surface area contributed by atoms with Crippen LogP contribution in [0.25, 0.3) is 27.6 Å². The maximum atomic E-state index is 15.8. The fourth-order valence-corrected chi connectivity index (χ4v) is 8.04. The molecule has 2 aliphatic heterocycles. The lowest BCUT2D eigenvalue weighted by Crippen LogP contribution is -2.35. The first-order valence-electron chi connectivity index (χ1n) is 15.7. The van der Waals surface area contributed by atoms with Crippen LogP contribution < -0.4 is 20.1 Å². The number of ketones is 1. The first-order chi connectivity index (χ1) is 22.4. The number of fused-ring (bicyclic) bond motifs is 2. The van der Waals surface area contributed by atoms with E-state index in [2.05, 4.69) is 26.9 Å². The van der Waals surface area contributed by atoms with Crippen LogP contribution in [0.1, 0.15) is 62.6 Å². The van der Waals surface area contributed by atoms with Crippen LogP contribution >= 0.6 is 11.6 Å². The molecule has 12 heteroatoms. The molecule has 0 aliphatic carbocycles. The predicted molar refractivity (Wildman–Crippen MR) is 184 cm³/mol. The number of hydrogen-bond donors (Lipinski definition) is 3. The minimum Gasteiger partial charge on any atom is -0.491 e. The standard InChI is InChI=1S/C35H37ClFN5O4S/c1-5-21-13-22(14-23-17-39-35(41-33(21)23)40-26-8-10-38-11-9-26)32-28(37)6-7-29(31(32)19(2)3)42-47(44,45)30-16-25(36)15-27-24(12-20(4)43)18-46-34(27)30/h6-7,13-17,24,26,38,42H,2,5,8-12,18H2,1,3-4H3,(H,39,40,41)/t24-/m0/s1. The smallest absolute Gasteiger partial charge is 0.265 e. The van der Waals surface area contributed by atoms with Crippen molar-refractivity contribution in [3.05, 3.63) is 76.7 Å². The fraction of sp³-hybridized carbons (Fsp3) is 0.343. The van der Waals surface area contributed by atoms with Crippen molar-refractivity contribution in [1.82, 2.24) is 15.3 Å². The van der Waals surface area contributed by atoms with Gasteiger partial charge in [-0.3, -0.25) is 4.72 Å². The summed E-state index contributed by atoms with van der Waals surface area (Å²) in [5.41, 5.74) is 3.92. The lowest BCUT2D eigenvalue weighted by Gasteiger charge is -2.23. The van der Waals surface area contributed by atoms with Crippen LogP contribution in [0.2, 0.25) is 5.02 Å². The van der Waals surface area contributed by atoms with Crippen LogP contribution in [0.5, 0.6) is 5.75 Å². The minimum absolute atomic E-state index is 0.0419. The summed E-state index contributed by atoms with van der Waals surface area (Å²) < 4.78 is 52.2. The zero-order valence-corrected chi connectivity index (χ0v) is 28.1. The van der Waals surface area contributed by atoms with Crippen molar-refractivity contribution in [2.75, 3.05) is 29.7 Å². The maximum absolute atomic E-state index is 15.8. The van der Waals surface area contributed by atoms with Gasteiger partial charge in [-0.1, -0.05) is 25.1 Å². The van der Waals surface area contributed by atoms with E-state index < -0.39 is 15.8 Å². The highest BCUT2D eigenvalue weighted by Gasteiger charge is 2.33. The van der Waals surface area contributed by atoms with Gasteiger partial charge in [0.2, 0.25) is 5.95 Å². The Labute approximate surface area is 279 Å². The van der Waals surface area contributed by atoms with E-state index in [9.17, 15) is 13.2 Å². The van der Waals surface area contributed by atoms with E-state index in [-0.39, 0.29) is 51.6 Å². The second kappa shape index (κ2) is 13.2. The topological polar surface area (TPSA) is 122 Å². The SMILES string of the molecule is C=C(C)c1c(NS(=O)(=O)c2cc(Cl)cc3c2OC[C@@H]3CC(C)=O)ccc(F)c1-c1cc(CC)c2nc(NC3CCNCC3)ncc2c1. The number of carbonyl (C=O) groups excluding carboxylic acids is 1. The van der Waals surface area contributed by atoms with Crippen molar-refractivity contribution >= 4 is 55.5 Å². The van der Waals surface area contributed by atoms with E-state index >= 15 is 4.39 Å². The molecule has 47 heavy (non-hydrogen) atoms. The van der Waals surface area contributed by atoms with Crippen molar-refractivity contribution in [2.24, 2.45) is 0 Å². The van der Waals surface area contributed by atoms with E-state index in [0.717, 1.165) is 42.4 Å². The number of benzene rings is 3. The second-order valence-electron chi connectivity index (χ2n) is 12.3. The lowest BCUT2D eigenvalue weighted by atomic mass is 9.91. The molecule has 6 rings (SSSR count). The molecule has 0 bridgehead atoms. The number of anilines is 2. The maximum Gasteiger partial charge on any atom is 0.265 e. The summed E-state index contributed by atoms with van der Waals surface area (Å²) in [6.45, 7) is 11.3. The molecule has 1 fully saturated rings. The molecular formula is C35H37ClFN5O4S. The van der Waals surface area contributed by atoms with Gasteiger partial charge in [0.15, 0.2) is 0 Å². The minimum atomic E-state index is -4.28. The van der Waals surface area contributed by atoms with Gasteiger partial charge in [-0.05, 0) is 99.3 Å². The Morgan fingerprint density at radius 2 is 1.94 bits per heavy atom. The van der Waals surface area contributed by atoms with Gasteiger partial charge in [0.1, 0.15) is 22.2 Å². The van der Waals surface area contributed by atoms with E-state index in [1.807, 2.05) is 19.1 Å². The van der Waals surface area contributed by atoms with Gasteiger partial charge in [0.25, 0.3) is 10.0 Å². The number of nitrogens with one attached hydrogen (secondary N) is 3. The van der Waals surface area contributed by atoms with Gasteiger partial charge >= 0.3 is 0 Å². The first-order valence-corrected chi connectivity index (χ1v) is 17.6. The largest absolute Gasteiger partial charge is 0.491 e. The lowest BCUT2D eigenvalue weighted by molar-refractivity contribution is -0.117. The highest BCUT2D eigenvalue weighted by Crippen LogP contribution is 2.44. The summed E-state index contributed by atoms with van der Waals surface area (Å²) in [6.07, 6.45) is 4.54. The first kappa shape index (κ1) is 32.9. The van der Waals surface area contributed by atoms with Gasteiger partial charge in [0.05, 0.1) is 17.8 Å². The van der Waals surface area contributed by atoms with E-state index in [0.29, 0.717) is 40.7 Å². The molecule has 0 amide bonds. The number of Topliss-reactive ketones (excluding diaryl/α,β-unsaturated/α-hetero) is 1. The average molecular weight is 678 g/mol. The number of allylic oxidation sites excluding steroid dienone is 1. The van der Waals surface area contributed by atoms with Crippen molar-refractivity contribution in [2.45, 2.75) is 63.3 Å². The fourth-order valence-electron chi connectivity index (χ4n) is 6.47. The van der Waals surface area contributed by atoms with Crippen LogP contribution in [0.4, 0.5) is 16.0 Å². The molecule has 0 unspecified atom stereocenters. The number of aryl methyl sites for hydroxylation is 1. The van der Waals surface area contributed by atoms with Crippen molar-refractivity contribution in [3.8, 4) is 16.9 Å². The van der Waals surface area contributed by atoms with Gasteiger partial charge < -0.3 is 20.2 Å². The Balaban J connectivity index is 1.40. The van der Waals surface area contributed by atoms with Gasteiger partial charge in [-0.2, -0.15) is 0 Å². The molecule has 3 N–H and O–H groups in total. The summed E-state index contributed by atoms with van der Waals surface area (Å²) in [7, 11) is -4.28. The van der Waals surface area contributed by atoms with Gasteiger partial charge in [-0.15, -0.1) is 0 Å². The third-order valence-corrected chi connectivity index (χ3v) is 10.3. The van der Waals surface area contributed by atoms with Crippen LogP contribution in [0.3, 0.4) is 0 Å². The number of nitrogens with zero attached hydrogens (tertiary/aromatic N) is 2. The third kappa shape index (κ3) is 6.70. The number of piperidine rings is 1. The predicted octanol–water partition coefficient (Wildman–Crippen LogP) is 7.10. The highest BCUT2D eigenvalue weighted by molar-refractivity contribution is 7.92. The van der Waals surface area contributed by atoms with Crippen molar-refractivity contribution in [3.63, 3.8) is 0 Å². The number of sulfonamides is 1. The Morgan fingerprint density at radius 3 is 2.64 bits per heavy atom. The molecular weight excluding hydrogens is 641 g/mol. The Hall–Kier alpha value is -4.06. The summed E-state index contributed by atoms with van der Waals surface area (Å²) in [5.74, 6) is -0.166. The highest BCUT2D eigenvalue weighted by atomic mass is 35.5. The summed E-state index contributed by atoms with van der Waals surface area (Å²) in [6, 6.07) is 9.56. The number of carbonyl (C=O) groups is 1. The normalized spacial score (nSPS) is 16.5. The molecule has 4 aromatic rings. The molecule has 9 nitrogen and oxygen atoms in total. The van der Waals surface area contributed by atoms with Crippen LogP contribution in [-0.4, -0.2) is 49.9 Å². The van der Waals surface area contributed by atoms with E-state index in [1.165, 1.54) is 25.1 Å². The van der Waals surface area contributed by atoms with Gasteiger partial charge in [0, 0.05) is 51.7 Å². The summed E-state index contributed by atoms with van der Waals surface area (Å²) >= 11 is 6.37. The second-order valence-corrected chi connectivity index (χ2v) is 14.3. The van der Waals surface area contributed by atoms with Crippen LogP contribution in [-0.2, 0) is 21.2 Å². The summed E-state index contributed by atoms with van der Waals surface area (Å²) in [4.78, 5) is 21.1. The molecule has 246 valence electrons. The number of halogens is 2. The Bertz CT molecular complexity index is 2010. The monoisotopic (exact) mass is 677 g/mol. The zero-order chi connectivity index (χ0) is 33.5. The molecule has 0 radical (unpaired) electrons. The summed E-state index contributed by atoms with van der Waals surface area (Å²) in [5, 5.41) is 7.73. The van der Waals surface area contributed by atoms with E-state index in [4.69, 9.17) is 21.3 Å². The molecule has 0 spiro atoms. The molecule has 0 saturated carbocycles. The average Bonchev–Trinajstić information content (AvgIpc) is 3.42. The van der Waals surface area contributed by atoms with Crippen LogP contribution in [0.15, 0.2) is 54.1 Å². The van der Waals surface area contributed by atoms with Crippen LogP contribution in [0, 0.1) is 5.82 Å². The van der Waals surface area contributed by atoms with E-state index in [1.54, 1.807) is 19.2 Å². The Morgan fingerprint density at radius 1 is 1.17 bits per heavy atom. The number of rotatable bonds is 10. The van der Waals surface area contributed by atoms with Crippen molar-refractivity contribution in [1.29, 1.82) is 0 Å². The quantitative estimate of drug-likeness (QED) is 0.162. The number of hydrogen-bond acceptors (Lipinski definition) is 8. The molecule has 3 aromatic carbocycles. The molecule has 1 atom stereocenters. The molecule has 3 heterocycles. The molecule has 1 aromatic heterocycles. The zero-order valence-electron chi connectivity index (χ0n) is 26.5. The number of ether oxygens (including phenoxy) is 1. The molecule has 2 aliphatic rings. The number of aromatic nitrogens is 2. The molecule has 1 saturated heterocycles. The van der Waals surface area contributed by atoms with Crippen molar-refractivity contribution < 1.29 is 22.3 Å².